The first-order valence-electron chi connectivity index (χ1n) is 5.78. The molecule has 2 heterocycles. The minimum Gasteiger partial charge on any atom is -0.505 e. The normalized spacial score (nSPS) is 17.4. The van der Waals surface area contributed by atoms with E-state index < -0.39 is 5.60 Å². The third-order valence-corrected chi connectivity index (χ3v) is 3.42. The Hall–Kier alpha value is -1.95. The molecular weight excluding hydrogens is 234 g/mol. The van der Waals surface area contributed by atoms with E-state index in [1.807, 2.05) is 0 Å². The molecule has 94 valence electrons. The molecule has 0 amide bonds. The fourth-order valence-electron chi connectivity index (χ4n) is 2.10. The molecule has 0 radical (unpaired) electrons. The van der Waals surface area contributed by atoms with Crippen molar-refractivity contribution in [2.24, 2.45) is 0 Å². The molecule has 2 aromatic heterocycles. The van der Waals surface area contributed by atoms with Crippen molar-refractivity contribution >= 4 is 0 Å². The Morgan fingerprint density at radius 2 is 2.28 bits per heavy atom. The lowest BCUT2D eigenvalue weighted by Gasteiger charge is -2.37. The van der Waals surface area contributed by atoms with Crippen LogP contribution >= 0.6 is 0 Å². The number of aromatic hydroxyl groups is 1. The molecular formula is C12H13N3O3. The van der Waals surface area contributed by atoms with Crippen molar-refractivity contribution in [1.82, 2.24) is 15.1 Å². The lowest BCUT2D eigenvalue weighted by atomic mass is 9.79. The maximum absolute atomic E-state index is 9.68. The maximum Gasteiger partial charge on any atom is 0.261 e. The Kier molecular flexibility index (Phi) is 2.52. The van der Waals surface area contributed by atoms with Crippen molar-refractivity contribution in [1.29, 1.82) is 0 Å². The van der Waals surface area contributed by atoms with Crippen LogP contribution in [0.15, 0.2) is 23.0 Å². The summed E-state index contributed by atoms with van der Waals surface area (Å²) in [6, 6.07) is 1.63. The van der Waals surface area contributed by atoms with Crippen LogP contribution in [0.2, 0.25) is 0 Å². The van der Waals surface area contributed by atoms with E-state index in [9.17, 15) is 5.11 Å². The number of hydrogen-bond donors (Lipinski definition) is 1. The third kappa shape index (κ3) is 1.57. The second-order valence-electron chi connectivity index (χ2n) is 4.37. The molecule has 0 unspecified atom stereocenters. The number of pyridine rings is 1. The average molecular weight is 247 g/mol. The highest BCUT2D eigenvalue weighted by Crippen LogP contribution is 2.43. The molecule has 3 rings (SSSR count). The molecule has 18 heavy (non-hydrogen) atoms. The van der Waals surface area contributed by atoms with Gasteiger partial charge in [0, 0.05) is 13.3 Å². The molecule has 2 aromatic rings. The molecule has 1 fully saturated rings. The first kappa shape index (κ1) is 11.2. The summed E-state index contributed by atoms with van der Waals surface area (Å²) in [7, 11) is 1.65. The fourth-order valence-corrected chi connectivity index (χ4v) is 2.10. The number of rotatable bonds is 3. The molecule has 1 saturated carbocycles. The molecule has 0 atom stereocenters. The van der Waals surface area contributed by atoms with Gasteiger partial charge in [-0.25, -0.2) is 0 Å². The van der Waals surface area contributed by atoms with Crippen LogP contribution in [0.4, 0.5) is 0 Å². The molecule has 0 aliphatic heterocycles. The number of methoxy groups -OCH3 is 1. The molecule has 0 saturated heterocycles. The van der Waals surface area contributed by atoms with Gasteiger partial charge in [0.15, 0.2) is 0 Å². The van der Waals surface area contributed by atoms with Gasteiger partial charge in [-0.15, -0.1) is 0 Å². The van der Waals surface area contributed by atoms with E-state index in [0.29, 0.717) is 11.4 Å². The van der Waals surface area contributed by atoms with Gasteiger partial charge in [-0.2, -0.15) is 4.98 Å². The molecule has 1 aliphatic rings. The number of ether oxygens (including phenoxy) is 1. The second kappa shape index (κ2) is 4.06. The summed E-state index contributed by atoms with van der Waals surface area (Å²) in [5, 5.41) is 13.6. The maximum atomic E-state index is 9.68. The van der Waals surface area contributed by atoms with Gasteiger partial charge in [0.2, 0.25) is 5.82 Å². The van der Waals surface area contributed by atoms with Gasteiger partial charge in [-0.3, -0.25) is 4.98 Å². The molecule has 1 aliphatic carbocycles. The average Bonchev–Trinajstić information content (AvgIpc) is 2.79. The van der Waals surface area contributed by atoms with Gasteiger partial charge in [0.05, 0.1) is 11.8 Å². The summed E-state index contributed by atoms with van der Waals surface area (Å²) >= 11 is 0. The smallest absolute Gasteiger partial charge is 0.261 e. The van der Waals surface area contributed by atoms with Gasteiger partial charge in [-0.05, 0) is 25.3 Å². The summed E-state index contributed by atoms with van der Waals surface area (Å²) in [4.78, 5) is 8.12. The molecule has 6 nitrogen and oxygen atoms in total. The van der Waals surface area contributed by atoms with Gasteiger partial charge in [0.1, 0.15) is 11.4 Å². The standard InChI is InChI=1S/C12H13N3O3/c1-17-12(4-2-5-12)11-14-10(18-15-11)8-3-6-13-7-9(8)16/h3,6-7,16H,2,4-5H2,1H3. The molecule has 0 bridgehead atoms. The Morgan fingerprint density at radius 1 is 1.44 bits per heavy atom. The zero-order chi connectivity index (χ0) is 12.6. The molecule has 1 N–H and O–H groups in total. The van der Waals surface area contributed by atoms with Crippen LogP contribution in [0.5, 0.6) is 5.75 Å². The van der Waals surface area contributed by atoms with E-state index in [0.717, 1.165) is 19.3 Å². The Bertz CT molecular complexity index is 558. The van der Waals surface area contributed by atoms with Crippen molar-refractivity contribution in [3.05, 3.63) is 24.3 Å². The highest BCUT2D eigenvalue weighted by molar-refractivity contribution is 5.60. The lowest BCUT2D eigenvalue weighted by Crippen LogP contribution is -2.37. The van der Waals surface area contributed by atoms with E-state index in [2.05, 4.69) is 15.1 Å². The quantitative estimate of drug-likeness (QED) is 0.891. The van der Waals surface area contributed by atoms with E-state index in [1.165, 1.54) is 6.20 Å². The summed E-state index contributed by atoms with van der Waals surface area (Å²) in [5.74, 6) is 0.850. The second-order valence-corrected chi connectivity index (χ2v) is 4.37. The fraction of sp³-hybridized carbons (Fsp3) is 0.417. The zero-order valence-corrected chi connectivity index (χ0v) is 9.96. The Morgan fingerprint density at radius 3 is 2.89 bits per heavy atom. The number of aromatic nitrogens is 3. The van der Waals surface area contributed by atoms with Crippen LogP contribution in [0.3, 0.4) is 0 Å². The highest BCUT2D eigenvalue weighted by Gasteiger charge is 2.43. The van der Waals surface area contributed by atoms with Gasteiger partial charge in [0.25, 0.3) is 5.89 Å². The molecule has 6 heteroatoms. The van der Waals surface area contributed by atoms with Crippen molar-refractivity contribution in [2.75, 3.05) is 7.11 Å². The first-order chi connectivity index (χ1) is 8.75. The third-order valence-electron chi connectivity index (χ3n) is 3.42. The summed E-state index contributed by atoms with van der Waals surface area (Å²) in [5.41, 5.74) is 0.0686. The van der Waals surface area contributed by atoms with Crippen molar-refractivity contribution in [3.8, 4) is 17.2 Å². The minimum absolute atomic E-state index is 0.0211. The highest BCUT2D eigenvalue weighted by atomic mass is 16.5. The summed E-state index contributed by atoms with van der Waals surface area (Å²) in [6.45, 7) is 0. The SMILES string of the molecule is COC1(c2noc(-c3ccncc3O)n2)CCC1. The van der Waals surface area contributed by atoms with Crippen LogP contribution in [-0.2, 0) is 10.3 Å². The zero-order valence-electron chi connectivity index (χ0n) is 9.96. The first-order valence-corrected chi connectivity index (χ1v) is 5.78. The monoisotopic (exact) mass is 247 g/mol. The predicted molar refractivity (Wildman–Crippen MR) is 61.7 cm³/mol. The van der Waals surface area contributed by atoms with E-state index in [-0.39, 0.29) is 11.6 Å². The van der Waals surface area contributed by atoms with Gasteiger partial charge in [-0.1, -0.05) is 5.16 Å². The number of hydrogen-bond acceptors (Lipinski definition) is 6. The van der Waals surface area contributed by atoms with E-state index in [1.54, 1.807) is 19.4 Å². The minimum atomic E-state index is -0.412. The van der Waals surface area contributed by atoms with Crippen molar-refractivity contribution < 1.29 is 14.4 Å². The number of nitrogens with zero attached hydrogens (tertiary/aromatic N) is 3. The van der Waals surface area contributed by atoms with Crippen LogP contribution in [0.1, 0.15) is 25.1 Å². The predicted octanol–water partition coefficient (Wildman–Crippen LogP) is 1.86. The lowest BCUT2D eigenvalue weighted by molar-refractivity contribution is -0.0858. The van der Waals surface area contributed by atoms with E-state index in [4.69, 9.17) is 9.26 Å². The summed E-state index contributed by atoms with van der Waals surface area (Å²) in [6.07, 6.45) is 5.79. The largest absolute Gasteiger partial charge is 0.505 e. The van der Waals surface area contributed by atoms with Crippen molar-refractivity contribution in [2.45, 2.75) is 24.9 Å². The topological polar surface area (TPSA) is 81.3 Å². The summed E-state index contributed by atoms with van der Waals surface area (Å²) < 4.78 is 10.7. The Balaban J connectivity index is 1.97. The van der Waals surface area contributed by atoms with Crippen LogP contribution in [0.25, 0.3) is 11.5 Å². The molecule has 0 spiro atoms. The van der Waals surface area contributed by atoms with Crippen LogP contribution < -0.4 is 0 Å². The molecule has 0 aromatic carbocycles. The van der Waals surface area contributed by atoms with Crippen LogP contribution in [0, 0.1) is 0 Å². The Labute approximate surface area is 104 Å². The van der Waals surface area contributed by atoms with Gasteiger partial charge >= 0.3 is 0 Å². The van der Waals surface area contributed by atoms with Gasteiger partial charge < -0.3 is 14.4 Å². The van der Waals surface area contributed by atoms with Crippen molar-refractivity contribution in [3.63, 3.8) is 0 Å². The van der Waals surface area contributed by atoms with Crippen LogP contribution in [-0.4, -0.2) is 27.3 Å². The van der Waals surface area contributed by atoms with E-state index >= 15 is 0 Å².